The lowest BCUT2D eigenvalue weighted by atomic mass is 9.79. The second-order valence-corrected chi connectivity index (χ2v) is 8.13. The van der Waals surface area contributed by atoms with Gasteiger partial charge in [0.1, 0.15) is 0 Å². The minimum absolute atomic E-state index is 0.0677. The van der Waals surface area contributed by atoms with E-state index in [1.165, 1.54) is 11.1 Å². The van der Waals surface area contributed by atoms with Gasteiger partial charge in [-0.05, 0) is 34.1 Å². The number of benzene rings is 3. The van der Waals surface area contributed by atoms with E-state index in [9.17, 15) is 9.59 Å². The summed E-state index contributed by atoms with van der Waals surface area (Å²) in [6.07, 6.45) is 0. The number of ketones is 2. The van der Waals surface area contributed by atoms with Crippen LogP contribution in [0.5, 0.6) is 0 Å². The highest BCUT2D eigenvalue weighted by Crippen LogP contribution is 2.36. The fraction of sp³-hybridized carbons (Fsp3) is 0.231. The van der Waals surface area contributed by atoms with E-state index >= 15 is 0 Å². The van der Waals surface area contributed by atoms with E-state index in [0.29, 0.717) is 34.1 Å². The van der Waals surface area contributed by atoms with E-state index < -0.39 is 0 Å². The largest absolute Gasteiger partial charge is 0.289 e. The molecule has 1 aliphatic rings. The standard InChI is InChI=1S/C26H24O2/c1-15(2)17-12-18(16(3)4)14-19(13-17)20-10-7-11-23-24(20)26(28)22-9-6-5-8-21(22)25(23)27/h5-16H,1-4H3. The SMILES string of the molecule is CC(C)c1cc(-c2cccc3c2C(=O)c2ccccc2C3=O)cc(C(C)C)c1. The molecule has 0 saturated heterocycles. The van der Waals surface area contributed by atoms with Gasteiger partial charge in [-0.25, -0.2) is 0 Å². The Balaban J connectivity index is 1.97. The fourth-order valence-electron chi connectivity index (χ4n) is 3.88. The van der Waals surface area contributed by atoms with Gasteiger partial charge >= 0.3 is 0 Å². The summed E-state index contributed by atoms with van der Waals surface area (Å²) in [4.78, 5) is 26.4. The van der Waals surface area contributed by atoms with Crippen molar-refractivity contribution in [2.75, 3.05) is 0 Å². The predicted octanol–water partition coefficient (Wildman–Crippen LogP) is 6.38. The molecule has 3 aromatic carbocycles. The van der Waals surface area contributed by atoms with Crippen molar-refractivity contribution in [2.24, 2.45) is 0 Å². The maximum absolute atomic E-state index is 13.3. The van der Waals surface area contributed by atoms with Crippen LogP contribution in [0.25, 0.3) is 11.1 Å². The van der Waals surface area contributed by atoms with Crippen LogP contribution >= 0.6 is 0 Å². The first-order chi connectivity index (χ1) is 13.4. The second-order valence-electron chi connectivity index (χ2n) is 8.13. The molecule has 0 aromatic heterocycles. The van der Waals surface area contributed by atoms with Crippen LogP contribution in [-0.4, -0.2) is 11.6 Å². The minimum atomic E-state index is -0.0730. The Morgan fingerprint density at radius 1 is 0.571 bits per heavy atom. The normalized spacial score (nSPS) is 13.1. The molecule has 0 heterocycles. The first-order valence-electron chi connectivity index (χ1n) is 9.85. The molecular formula is C26H24O2. The maximum atomic E-state index is 13.3. The molecule has 0 fully saturated rings. The van der Waals surface area contributed by atoms with E-state index in [1.54, 1.807) is 24.3 Å². The Morgan fingerprint density at radius 3 is 1.64 bits per heavy atom. The van der Waals surface area contributed by atoms with Gasteiger partial charge in [-0.2, -0.15) is 0 Å². The molecule has 4 rings (SSSR count). The lowest BCUT2D eigenvalue weighted by molar-refractivity contribution is 0.0979. The van der Waals surface area contributed by atoms with Gasteiger partial charge in [-0.3, -0.25) is 9.59 Å². The quantitative estimate of drug-likeness (QED) is 0.421. The van der Waals surface area contributed by atoms with E-state index in [4.69, 9.17) is 0 Å². The van der Waals surface area contributed by atoms with Gasteiger partial charge in [0.25, 0.3) is 0 Å². The molecule has 2 nitrogen and oxygen atoms in total. The first kappa shape index (κ1) is 18.4. The molecule has 0 atom stereocenters. The van der Waals surface area contributed by atoms with Crippen LogP contribution in [-0.2, 0) is 0 Å². The van der Waals surface area contributed by atoms with Crippen molar-refractivity contribution in [3.05, 3.63) is 94.0 Å². The Labute approximate surface area is 166 Å². The Kier molecular flexibility index (Phi) is 4.50. The van der Waals surface area contributed by atoms with Crippen LogP contribution in [0, 0.1) is 0 Å². The van der Waals surface area contributed by atoms with Crippen LogP contribution in [0.1, 0.15) is 82.5 Å². The van der Waals surface area contributed by atoms with Crippen LogP contribution in [0.15, 0.2) is 60.7 Å². The Morgan fingerprint density at radius 2 is 1.07 bits per heavy atom. The number of fused-ring (bicyclic) bond motifs is 2. The van der Waals surface area contributed by atoms with Crippen LogP contribution in [0.3, 0.4) is 0 Å². The third-order valence-electron chi connectivity index (χ3n) is 5.57. The van der Waals surface area contributed by atoms with E-state index in [0.717, 1.165) is 11.1 Å². The molecule has 140 valence electrons. The van der Waals surface area contributed by atoms with Gasteiger partial charge in [0, 0.05) is 22.3 Å². The summed E-state index contributed by atoms with van der Waals surface area (Å²) in [5, 5.41) is 0. The summed E-state index contributed by atoms with van der Waals surface area (Å²) in [6.45, 7) is 8.70. The van der Waals surface area contributed by atoms with Gasteiger partial charge < -0.3 is 0 Å². The highest BCUT2D eigenvalue weighted by molar-refractivity contribution is 6.30. The van der Waals surface area contributed by atoms with Crippen LogP contribution in [0.2, 0.25) is 0 Å². The monoisotopic (exact) mass is 368 g/mol. The van der Waals surface area contributed by atoms with Gasteiger partial charge in [-0.1, -0.05) is 88.4 Å². The van der Waals surface area contributed by atoms with Crippen LogP contribution in [0.4, 0.5) is 0 Å². The number of carbonyl (C=O) groups excluding carboxylic acids is 2. The Hall–Kier alpha value is -3.00. The average molecular weight is 368 g/mol. The molecular weight excluding hydrogens is 344 g/mol. The fourth-order valence-corrected chi connectivity index (χ4v) is 3.88. The number of hydrogen-bond acceptors (Lipinski definition) is 2. The van der Waals surface area contributed by atoms with Gasteiger partial charge in [0.05, 0.1) is 0 Å². The molecule has 0 N–H and O–H groups in total. The number of hydrogen-bond donors (Lipinski definition) is 0. The third-order valence-corrected chi connectivity index (χ3v) is 5.57. The molecule has 0 radical (unpaired) electrons. The zero-order chi connectivity index (χ0) is 20.0. The summed E-state index contributed by atoms with van der Waals surface area (Å²) in [7, 11) is 0. The molecule has 0 amide bonds. The predicted molar refractivity (Wildman–Crippen MR) is 113 cm³/mol. The minimum Gasteiger partial charge on any atom is -0.289 e. The number of rotatable bonds is 3. The maximum Gasteiger partial charge on any atom is 0.195 e. The van der Waals surface area contributed by atoms with Crippen molar-refractivity contribution in [2.45, 2.75) is 39.5 Å². The van der Waals surface area contributed by atoms with Gasteiger partial charge in [0.2, 0.25) is 0 Å². The Bertz CT molecular complexity index is 1080. The third kappa shape index (κ3) is 2.90. The van der Waals surface area contributed by atoms with Crippen molar-refractivity contribution in [3.8, 4) is 11.1 Å². The summed E-state index contributed by atoms with van der Waals surface area (Å²) < 4.78 is 0. The van der Waals surface area contributed by atoms with Crippen molar-refractivity contribution in [1.82, 2.24) is 0 Å². The topological polar surface area (TPSA) is 34.1 Å². The molecule has 28 heavy (non-hydrogen) atoms. The molecule has 3 aromatic rings. The zero-order valence-electron chi connectivity index (χ0n) is 16.7. The van der Waals surface area contributed by atoms with Crippen molar-refractivity contribution in [3.63, 3.8) is 0 Å². The highest BCUT2D eigenvalue weighted by Gasteiger charge is 2.31. The molecule has 0 unspecified atom stereocenters. The summed E-state index contributed by atoms with van der Waals surface area (Å²) in [6, 6.07) is 19.3. The van der Waals surface area contributed by atoms with Gasteiger partial charge in [-0.15, -0.1) is 0 Å². The van der Waals surface area contributed by atoms with Crippen molar-refractivity contribution < 1.29 is 9.59 Å². The molecule has 0 aliphatic heterocycles. The zero-order valence-corrected chi connectivity index (χ0v) is 16.7. The lowest BCUT2D eigenvalue weighted by Crippen LogP contribution is -2.21. The lowest BCUT2D eigenvalue weighted by Gasteiger charge is -2.21. The second kappa shape index (κ2) is 6.87. The van der Waals surface area contributed by atoms with Crippen molar-refractivity contribution in [1.29, 1.82) is 0 Å². The average Bonchev–Trinajstić information content (AvgIpc) is 2.71. The van der Waals surface area contributed by atoms with Crippen LogP contribution < -0.4 is 0 Å². The van der Waals surface area contributed by atoms with Gasteiger partial charge in [0.15, 0.2) is 11.6 Å². The first-order valence-corrected chi connectivity index (χ1v) is 9.85. The van der Waals surface area contributed by atoms with E-state index in [2.05, 4.69) is 45.9 Å². The highest BCUT2D eigenvalue weighted by atomic mass is 16.1. The molecule has 2 heteroatoms. The molecule has 0 bridgehead atoms. The molecule has 0 saturated carbocycles. The summed E-state index contributed by atoms with van der Waals surface area (Å²) >= 11 is 0. The van der Waals surface area contributed by atoms with E-state index in [-0.39, 0.29) is 11.6 Å². The molecule has 1 aliphatic carbocycles. The number of carbonyl (C=O) groups is 2. The smallest absolute Gasteiger partial charge is 0.195 e. The van der Waals surface area contributed by atoms with E-state index in [1.807, 2.05) is 18.2 Å². The molecule has 0 spiro atoms. The summed E-state index contributed by atoms with van der Waals surface area (Å²) in [5.41, 5.74) is 6.36. The summed E-state index contributed by atoms with van der Waals surface area (Å²) in [5.74, 6) is 0.628. The van der Waals surface area contributed by atoms with Crippen molar-refractivity contribution >= 4 is 11.6 Å².